The number of aliphatic imine (C=N–C) groups is 1. The van der Waals surface area contributed by atoms with E-state index in [4.69, 9.17) is 0 Å². The number of fused-ring (bicyclic) bond motifs is 1. The maximum absolute atomic E-state index is 12.4. The van der Waals surface area contributed by atoms with Gasteiger partial charge in [0.2, 0.25) is 11.8 Å². The fourth-order valence-electron chi connectivity index (χ4n) is 2.83. The van der Waals surface area contributed by atoms with Crippen LogP contribution in [0.4, 0.5) is 4.79 Å². The topological polar surface area (TPSA) is 78.8 Å². The standard InChI is InChI=1S/C18H25N3O3/c1-3-5-8-13(4-2)11-19-16(22)12-21-17(23)14-9-6-7-10-15(14)20-18(21)24/h6-7,9-10,13-14H,3-5,8,11-12H2,1-2H3,(H,19,22). The summed E-state index contributed by atoms with van der Waals surface area (Å²) in [5.41, 5.74) is 0.440. The molecule has 2 aliphatic rings. The van der Waals surface area contributed by atoms with Crippen LogP contribution in [0.15, 0.2) is 29.3 Å². The number of urea groups is 1. The van der Waals surface area contributed by atoms with Crippen molar-refractivity contribution in [2.45, 2.75) is 39.5 Å². The first-order valence-electron chi connectivity index (χ1n) is 8.62. The summed E-state index contributed by atoms with van der Waals surface area (Å²) >= 11 is 0. The quantitative estimate of drug-likeness (QED) is 0.742. The van der Waals surface area contributed by atoms with Crippen molar-refractivity contribution in [2.75, 3.05) is 13.1 Å². The Morgan fingerprint density at radius 1 is 1.33 bits per heavy atom. The Hall–Kier alpha value is -2.24. The second kappa shape index (κ2) is 8.57. The molecule has 130 valence electrons. The van der Waals surface area contributed by atoms with Gasteiger partial charge in [-0.1, -0.05) is 51.3 Å². The van der Waals surface area contributed by atoms with Gasteiger partial charge in [0, 0.05) is 6.54 Å². The molecule has 1 aliphatic carbocycles. The molecule has 0 aromatic rings. The molecule has 0 aromatic carbocycles. The van der Waals surface area contributed by atoms with E-state index >= 15 is 0 Å². The van der Waals surface area contributed by atoms with Gasteiger partial charge in [0.05, 0.1) is 11.6 Å². The van der Waals surface area contributed by atoms with Crippen LogP contribution < -0.4 is 5.32 Å². The number of amides is 4. The number of carbonyl (C=O) groups is 3. The molecule has 1 heterocycles. The average molecular weight is 331 g/mol. The molecule has 24 heavy (non-hydrogen) atoms. The molecule has 4 amide bonds. The summed E-state index contributed by atoms with van der Waals surface area (Å²) < 4.78 is 0. The molecule has 0 saturated heterocycles. The second-order valence-electron chi connectivity index (χ2n) is 6.19. The number of hydrogen-bond donors (Lipinski definition) is 1. The van der Waals surface area contributed by atoms with Gasteiger partial charge in [-0.2, -0.15) is 4.99 Å². The number of rotatable bonds is 8. The third-order valence-electron chi connectivity index (χ3n) is 4.42. The van der Waals surface area contributed by atoms with Crippen molar-refractivity contribution in [3.8, 4) is 0 Å². The second-order valence-corrected chi connectivity index (χ2v) is 6.19. The van der Waals surface area contributed by atoms with Crippen LogP contribution >= 0.6 is 0 Å². The van der Waals surface area contributed by atoms with Gasteiger partial charge in [-0.15, -0.1) is 0 Å². The molecular formula is C18H25N3O3. The van der Waals surface area contributed by atoms with E-state index < -0.39 is 17.9 Å². The van der Waals surface area contributed by atoms with Crippen LogP contribution in [-0.4, -0.2) is 41.5 Å². The minimum Gasteiger partial charge on any atom is -0.354 e. The lowest BCUT2D eigenvalue weighted by atomic mass is 9.95. The number of hydrogen-bond acceptors (Lipinski definition) is 3. The maximum atomic E-state index is 12.4. The average Bonchev–Trinajstić information content (AvgIpc) is 2.59. The van der Waals surface area contributed by atoms with Gasteiger partial charge in [0.1, 0.15) is 6.54 Å². The van der Waals surface area contributed by atoms with Crippen LogP contribution in [0.5, 0.6) is 0 Å². The van der Waals surface area contributed by atoms with E-state index in [1.165, 1.54) is 0 Å². The van der Waals surface area contributed by atoms with Gasteiger partial charge in [-0.3, -0.25) is 14.5 Å². The Morgan fingerprint density at radius 2 is 2.12 bits per heavy atom. The summed E-state index contributed by atoms with van der Waals surface area (Å²) in [7, 11) is 0. The van der Waals surface area contributed by atoms with Crippen LogP contribution in [0.25, 0.3) is 0 Å². The van der Waals surface area contributed by atoms with E-state index in [2.05, 4.69) is 24.2 Å². The summed E-state index contributed by atoms with van der Waals surface area (Å²) in [5.74, 6) is -0.842. The summed E-state index contributed by atoms with van der Waals surface area (Å²) in [6.45, 7) is 4.55. The monoisotopic (exact) mass is 331 g/mol. The molecular weight excluding hydrogens is 306 g/mol. The smallest absolute Gasteiger partial charge is 0.351 e. The van der Waals surface area contributed by atoms with Crippen molar-refractivity contribution in [2.24, 2.45) is 16.8 Å². The molecule has 0 spiro atoms. The number of nitrogens with zero attached hydrogens (tertiary/aromatic N) is 2. The highest BCUT2D eigenvalue weighted by Crippen LogP contribution is 2.19. The number of carbonyl (C=O) groups excluding carboxylic acids is 3. The minimum absolute atomic E-state index is 0.271. The molecule has 1 N–H and O–H groups in total. The number of nitrogens with one attached hydrogen (secondary N) is 1. The number of allylic oxidation sites excluding steroid dienone is 3. The van der Waals surface area contributed by atoms with Gasteiger partial charge in [0.15, 0.2) is 0 Å². The summed E-state index contributed by atoms with van der Waals surface area (Å²) in [6.07, 6.45) is 11.2. The molecule has 0 fully saturated rings. The fourth-order valence-corrected chi connectivity index (χ4v) is 2.83. The zero-order valence-electron chi connectivity index (χ0n) is 14.3. The van der Waals surface area contributed by atoms with Crippen molar-refractivity contribution in [1.29, 1.82) is 0 Å². The van der Waals surface area contributed by atoms with Crippen LogP contribution in [0.3, 0.4) is 0 Å². The third-order valence-corrected chi connectivity index (χ3v) is 4.42. The van der Waals surface area contributed by atoms with E-state index in [-0.39, 0.29) is 12.5 Å². The SMILES string of the molecule is CCCCC(CC)CNC(=O)CN1C(=O)N=C2C=CC=CC2C1=O. The van der Waals surface area contributed by atoms with Crippen LogP contribution in [0, 0.1) is 11.8 Å². The van der Waals surface area contributed by atoms with E-state index in [0.29, 0.717) is 18.2 Å². The molecule has 0 saturated carbocycles. The van der Waals surface area contributed by atoms with Crippen LogP contribution in [0.1, 0.15) is 39.5 Å². The van der Waals surface area contributed by atoms with Gasteiger partial charge < -0.3 is 5.32 Å². The molecule has 1 aliphatic heterocycles. The zero-order chi connectivity index (χ0) is 17.5. The molecule has 2 rings (SSSR count). The Morgan fingerprint density at radius 3 is 2.83 bits per heavy atom. The van der Waals surface area contributed by atoms with Crippen molar-refractivity contribution in [1.82, 2.24) is 10.2 Å². The third kappa shape index (κ3) is 4.40. The molecule has 0 aromatic heterocycles. The zero-order valence-corrected chi connectivity index (χ0v) is 14.3. The van der Waals surface area contributed by atoms with Gasteiger partial charge >= 0.3 is 6.03 Å². The first-order chi connectivity index (χ1) is 11.6. The summed E-state index contributed by atoms with van der Waals surface area (Å²) in [4.78, 5) is 41.4. The molecule has 6 nitrogen and oxygen atoms in total. The van der Waals surface area contributed by atoms with Crippen LogP contribution in [0.2, 0.25) is 0 Å². The Labute approximate surface area is 142 Å². The molecule has 0 bridgehead atoms. The largest absolute Gasteiger partial charge is 0.354 e. The number of unbranched alkanes of at least 4 members (excludes halogenated alkanes) is 1. The van der Waals surface area contributed by atoms with Gasteiger partial charge in [-0.25, -0.2) is 4.79 Å². The predicted molar refractivity (Wildman–Crippen MR) is 92.6 cm³/mol. The highest BCUT2D eigenvalue weighted by Gasteiger charge is 2.36. The first-order valence-corrected chi connectivity index (χ1v) is 8.62. The predicted octanol–water partition coefficient (Wildman–Crippen LogP) is 2.46. The van der Waals surface area contributed by atoms with E-state index in [1.807, 2.05) is 0 Å². The lowest BCUT2D eigenvalue weighted by molar-refractivity contribution is -0.134. The van der Waals surface area contributed by atoms with Crippen molar-refractivity contribution in [3.05, 3.63) is 24.3 Å². The first kappa shape index (κ1) is 18.1. The number of imide groups is 1. The Bertz CT molecular complexity index is 592. The van der Waals surface area contributed by atoms with E-state index in [0.717, 1.165) is 30.6 Å². The van der Waals surface area contributed by atoms with Gasteiger partial charge in [0.25, 0.3) is 0 Å². The lowest BCUT2D eigenvalue weighted by Crippen LogP contribution is -2.50. The molecule has 6 heteroatoms. The lowest BCUT2D eigenvalue weighted by Gasteiger charge is -2.28. The van der Waals surface area contributed by atoms with Crippen molar-refractivity contribution in [3.63, 3.8) is 0 Å². The van der Waals surface area contributed by atoms with Crippen LogP contribution in [-0.2, 0) is 9.59 Å². The van der Waals surface area contributed by atoms with E-state index in [1.54, 1.807) is 24.3 Å². The molecule has 2 unspecified atom stereocenters. The van der Waals surface area contributed by atoms with Gasteiger partial charge in [-0.05, 0) is 18.4 Å². The molecule has 0 radical (unpaired) electrons. The Kier molecular flexibility index (Phi) is 6.46. The molecule has 2 atom stereocenters. The minimum atomic E-state index is -0.667. The highest BCUT2D eigenvalue weighted by atomic mass is 16.2. The normalized spacial score (nSPS) is 20.7. The fraction of sp³-hybridized carbons (Fsp3) is 0.556. The van der Waals surface area contributed by atoms with E-state index in [9.17, 15) is 14.4 Å². The summed E-state index contributed by atoms with van der Waals surface area (Å²) in [6, 6.07) is -0.667. The highest BCUT2D eigenvalue weighted by molar-refractivity contribution is 6.22. The van der Waals surface area contributed by atoms with Crippen molar-refractivity contribution >= 4 is 23.6 Å². The maximum Gasteiger partial charge on any atom is 0.351 e. The summed E-state index contributed by atoms with van der Waals surface area (Å²) in [5, 5.41) is 2.84. The van der Waals surface area contributed by atoms with Crippen molar-refractivity contribution < 1.29 is 14.4 Å². The Balaban J connectivity index is 1.90.